The van der Waals surface area contributed by atoms with Crippen molar-refractivity contribution in [1.29, 1.82) is 0 Å². The second-order valence-electron chi connectivity index (χ2n) is 6.77. The third kappa shape index (κ3) is 4.63. The van der Waals surface area contributed by atoms with Crippen LogP contribution in [0, 0.1) is 0 Å². The lowest BCUT2D eigenvalue weighted by molar-refractivity contribution is -0.125. The topological polar surface area (TPSA) is 95.6 Å². The summed E-state index contributed by atoms with van der Waals surface area (Å²) in [5, 5.41) is 5.64. The van der Waals surface area contributed by atoms with E-state index in [-0.39, 0.29) is 40.0 Å². The monoisotopic (exact) mass is 447 g/mol. The maximum absolute atomic E-state index is 12.6. The molecule has 9 heteroatoms. The molecule has 4 amide bonds. The quantitative estimate of drug-likeness (QED) is 0.637. The average Bonchev–Trinajstić information content (AvgIpc) is 2.96. The van der Waals surface area contributed by atoms with E-state index in [2.05, 4.69) is 10.6 Å². The number of hydrogen-bond acceptors (Lipinski definition) is 4. The van der Waals surface area contributed by atoms with Crippen LogP contribution in [-0.4, -0.2) is 41.1 Å². The minimum atomic E-state index is -1.05. The molecule has 2 aromatic rings. The molecule has 1 unspecified atom stereocenters. The van der Waals surface area contributed by atoms with Gasteiger partial charge in [-0.25, -0.2) is 0 Å². The van der Waals surface area contributed by atoms with Crippen LogP contribution in [0.25, 0.3) is 0 Å². The van der Waals surface area contributed by atoms with E-state index in [4.69, 9.17) is 23.2 Å². The van der Waals surface area contributed by atoms with Crippen molar-refractivity contribution in [2.24, 2.45) is 0 Å². The Hall–Kier alpha value is -2.90. The highest BCUT2D eigenvalue weighted by atomic mass is 35.5. The summed E-state index contributed by atoms with van der Waals surface area (Å²) < 4.78 is 0. The van der Waals surface area contributed by atoms with Gasteiger partial charge in [0, 0.05) is 19.5 Å². The maximum atomic E-state index is 12.6. The van der Waals surface area contributed by atoms with Crippen LogP contribution < -0.4 is 10.6 Å². The van der Waals surface area contributed by atoms with Crippen LogP contribution in [0.3, 0.4) is 0 Å². The van der Waals surface area contributed by atoms with Crippen LogP contribution in [0.5, 0.6) is 0 Å². The first-order valence-corrected chi connectivity index (χ1v) is 10.0. The highest BCUT2D eigenvalue weighted by Crippen LogP contribution is 2.32. The van der Waals surface area contributed by atoms with Crippen LogP contribution >= 0.6 is 23.2 Å². The van der Waals surface area contributed by atoms with Gasteiger partial charge in [0.1, 0.15) is 6.04 Å². The third-order valence-electron chi connectivity index (χ3n) is 4.71. The van der Waals surface area contributed by atoms with Crippen molar-refractivity contribution >= 4 is 46.8 Å². The molecule has 30 heavy (non-hydrogen) atoms. The number of nitrogens with one attached hydrogen (secondary N) is 2. The molecule has 0 fully saturated rings. The predicted molar refractivity (Wildman–Crippen MR) is 112 cm³/mol. The minimum Gasteiger partial charge on any atom is -0.354 e. The average molecular weight is 448 g/mol. The molecule has 0 saturated heterocycles. The fourth-order valence-corrected chi connectivity index (χ4v) is 3.38. The minimum absolute atomic E-state index is 0.0681. The van der Waals surface area contributed by atoms with Crippen LogP contribution in [0.1, 0.15) is 39.6 Å². The molecule has 0 saturated carbocycles. The lowest BCUT2D eigenvalue weighted by atomic mass is 10.1. The Labute approximate surface area is 183 Å². The SMILES string of the molecule is CC(C(=O)NCCC(=O)NCc1ccccc1)N1C(=O)c2cc(Cl)c(Cl)cc2C1=O. The van der Waals surface area contributed by atoms with Gasteiger partial charge in [0.05, 0.1) is 21.2 Å². The number of carbonyl (C=O) groups is 4. The summed E-state index contributed by atoms with van der Waals surface area (Å²) in [7, 11) is 0. The number of imide groups is 1. The third-order valence-corrected chi connectivity index (χ3v) is 5.43. The lowest BCUT2D eigenvalue weighted by Gasteiger charge is -2.21. The zero-order chi connectivity index (χ0) is 21.8. The number of halogens is 2. The van der Waals surface area contributed by atoms with E-state index in [1.807, 2.05) is 30.3 Å². The van der Waals surface area contributed by atoms with E-state index in [0.717, 1.165) is 10.5 Å². The van der Waals surface area contributed by atoms with Crippen molar-refractivity contribution in [3.63, 3.8) is 0 Å². The second kappa shape index (κ2) is 9.28. The smallest absolute Gasteiger partial charge is 0.262 e. The van der Waals surface area contributed by atoms with Crippen LogP contribution in [-0.2, 0) is 16.1 Å². The molecule has 0 radical (unpaired) electrons. The summed E-state index contributed by atoms with van der Waals surface area (Å²) in [6, 6.07) is 11.0. The van der Waals surface area contributed by atoms with Crippen LogP contribution in [0.4, 0.5) is 0 Å². The summed E-state index contributed by atoms with van der Waals surface area (Å²) >= 11 is 11.9. The molecule has 7 nitrogen and oxygen atoms in total. The first-order valence-electron chi connectivity index (χ1n) is 9.25. The summed E-state index contributed by atoms with van der Waals surface area (Å²) in [4.78, 5) is 50.4. The Balaban J connectivity index is 1.52. The van der Waals surface area contributed by atoms with E-state index in [9.17, 15) is 19.2 Å². The number of amides is 4. The first kappa shape index (κ1) is 21.8. The summed E-state index contributed by atoms with van der Waals surface area (Å²) in [6.45, 7) is 1.91. The Bertz CT molecular complexity index is 970. The van der Waals surface area contributed by atoms with Gasteiger partial charge < -0.3 is 10.6 Å². The Morgan fingerprint density at radius 2 is 1.53 bits per heavy atom. The largest absolute Gasteiger partial charge is 0.354 e. The number of rotatable bonds is 7. The Kier molecular flexibility index (Phi) is 6.74. The molecule has 0 bridgehead atoms. The van der Waals surface area contributed by atoms with E-state index in [1.54, 1.807) is 0 Å². The predicted octanol–water partition coefficient (Wildman–Crippen LogP) is 2.80. The second-order valence-corrected chi connectivity index (χ2v) is 7.59. The van der Waals surface area contributed by atoms with E-state index < -0.39 is 23.8 Å². The number of nitrogens with zero attached hydrogens (tertiary/aromatic N) is 1. The number of hydrogen-bond donors (Lipinski definition) is 2. The van der Waals surface area contributed by atoms with Crippen molar-refractivity contribution in [1.82, 2.24) is 15.5 Å². The van der Waals surface area contributed by atoms with Gasteiger partial charge in [-0.15, -0.1) is 0 Å². The van der Waals surface area contributed by atoms with Crippen molar-refractivity contribution in [3.05, 3.63) is 69.2 Å². The van der Waals surface area contributed by atoms with E-state index >= 15 is 0 Å². The Morgan fingerprint density at radius 3 is 2.10 bits per heavy atom. The molecule has 1 aliphatic rings. The highest BCUT2D eigenvalue weighted by Gasteiger charge is 2.41. The van der Waals surface area contributed by atoms with Crippen LogP contribution in [0.2, 0.25) is 10.0 Å². The van der Waals surface area contributed by atoms with Gasteiger partial charge in [0.25, 0.3) is 11.8 Å². The van der Waals surface area contributed by atoms with Crippen molar-refractivity contribution in [2.45, 2.75) is 25.9 Å². The molecule has 1 heterocycles. The van der Waals surface area contributed by atoms with Gasteiger partial charge in [-0.1, -0.05) is 53.5 Å². The first-order chi connectivity index (χ1) is 14.3. The number of fused-ring (bicyclic) bond motifs is 1. The van der Waals surface area contributed by atoms with Gasteiger partial charge in [-0.05, 0) is 24.6 Å². The summed E-state index contributed by atoms with van der Waals surface area (Å²) in [6.07, 6.45) is 0.0681. The molecule has 1 atom stereocenters. The molecule has 1 aliphatic heterocycles. The fraction of sp³-hybridized carbons (Fsp3) is 0.238. The molecule has 2 N–H and O–H groups in total. The van der Waals surface area contributed by atoms with Crippen molar-refractivity contribution in [3.8, 4) is 0 Å². The zero-order valence-electron chi connectivity index (χ0n) is 16.1. The lowest BCUT2D eigenvalue weighted by Crippen LogP contribution is -2.48. The standard InChI is InChI=1S/C21H19Cl2N3O4/c1-12(26-20(29)14-9-16(22)17(23)10-15(14)21(26)30)19(28)24-8-7-18(27)25-11-13-5-3-2-4-6-13/h2-6,9-10,12H,7-8,11H2,1H3,(H,24,28)(H,25,27). The molecular weight excluding hydrogens is 429 g/mol. The van der Waals surface area contributed by atoms with Gasteiger partial charge >= 0.3 is 0 Å². The van der Waals surface area contributed by atoms with Gasteiger partial charge in [0.15, 0.2) is 0 Å². The van der Waals surface area contributed by atoms with Gasteiger partial charge in [0.2, 0.25) is 11.8 Å². The normalized spacial score (nSPS) is 13.8. The van der Waals surface area contributed by atoms with E-state index in [0.29, 0.717) is 6.54 Å². The summed E-state index contributed by atoms with van der Waals surface area (Å²) in [5.41, 5.74) is 1.18. The molecule has 156 valence electrons. The van der Waals surface area contributed by atoms with Crippen molar-refractivity contribution in [2.75, 3.05) is 6.54 Å². The van der Waals surface area contributed by atoms with E-state index in [1.165, 1.54) is 19.1 Å². The molecule has 0 aliphatic carbocycles. The summed E-state index contributed by atoms with van der Waals surface area (Å²) in [5.74, 6) is -2.00. The molecule has 3 rings (SSSR count). The molecule has 2 aromatic carbocycles. The number of benzene rings is 2. The van der Waals surface area contributed by atoms with Gasteiger partial charge in [-0.3, -0.25) is 24.1 Å². The molecule has 0 aromatic heterocycles. The molecular formula is C21H19Cl2N3O4. The maximum Gasteiger partial charge on any atom is 0.262 e. The highest BCUT2D eigenvalue weighted by molar-refractivity contribution is 6.43. The van der Waals surface area contributed by atoms with Crippen LogP contribution in [0.15, 0.2) is 42.5 Å². The number of carbonyl (C=O) groups excluding carboxylic acids is 4. The van der Waals surface area contributed by atoms with Crippen molar-refractivity contribution < 1.29 is 19.2 Å². The molecule has 0 spiro atoms. The Morgan fingerprint density at radius 1 is 0.967 bits per heavy atom. The fourth-order valence-electron chi connectivity index (χ4n) is 3.05. The zero-order valence-corrected chi connectivity index (χ0v) is 17.6. The van der Waals surface area contributed by atoms with Gasteiger partial charge in [-0.2, -0.15) is 0 Å².